The van der Waals surface area contributed by atoms with Crippen LogP contribution in [0.2, 0.25) is 5.02 Å². The Morgan fingerprint density at radius 3 is 2.53 bits per heavy atom. The van der Waals surface area contributed by atoms with Crippen LogP contribution in [0.5, 0.6) is 0 Å². The summed E-state index contributed by atoms with van der Waals surface area (Å²) in [5.41, 5.74) is 3.16. The molecule has 0 spiro atoms. The molecular weight excluding hydrogens is 498 g/mol. The van der Waals surface area contributed by atoms with Crippen molar-refractivity contribution in [2.75, 3.05) is 37.0 Å². The summed E-state index contributed by atoms with van der Waals surface area (Å²) in [4.78, 5) is 29.5. The van der Waals surface area contributed by atoms with Crippen molar-refractivity contribution in [3.63, 3.8) is 0 Å². The molecule has 2 aromatic carbocycles. The highest BCUT2D eigenvalue weighted by atomic mass is 35.5. The molecule has 36 heavy (non-hydrogen) atoms. The second-order valence-electron chi connectivity index (χ2n) is 9.29. The third kappa shape index (κ3) is 5.92. The van der Waals surface area contributed by atoms with Crippen LogP contribution in [-0.2, 0) is 33.7 Å². The van der Waals surface area contributed by atoms with Crippen molar-refractivity contribution < 1.29 is 14.3 Å². The Morgan fingerprint density at radius 2 is 1.83 bits per heavy atom. The quantitative estimate of drug-likeness (QED) is 0.457. The van der Waals surface area contributed by atoms with E-state index in [2.05, 4.69) is 27.5 Å². The SMILES string of the molecule is CN(Cc1ccc(N2C[C@@H](C(=O)Nc3nnc(CCc4ccc(Cl)cc4)s3)CC2=O)cc1)C1COC1. The smallest absolute Gasteiger partial charge is 0.231 e. The first kappa shape index (κ1) is 24.8. The second-order valence-corrected chi connectivity index (χ2v) is 10.8. The van der Waals surface area contributed by atoms with E-state index >= 15 is 0 Å². The molecule has 1 aromatic heterocycles. The molecule has 1 N–H and O–H groups in total. The minimum atomic E-state index is -0.427. The van der Waals surface area contributed by atoms with E-state index < -0.39 is 5.92 Å². The van der Waals surface area contributed by atoms with Gasteiger partial charge in [-0.2, -0.15) is 0 Å². The normalized spacial score (nSPS) is 18.0. The number of nitrogens with one attached hydrogen (secondary N) is 1. The van der Waals surface area contributed by atoms with Gasteiger partial charge in [0.05, 0.1) is 25.2 Å². The first-order valence-electron chi connectivity index (χ1n) is 12.0. The molecule has 5 rings (SSSR count). The Labute approximate surface area is 219 Å². The van der Waals surface area contributed by atoms with E-state index in [1.54, 1.807) is 4.90 Å². The number of likely N-dealkylation sites (N-methyl/N-ethyl adjacent to an activating group) is 1. The molecule has 8 nitrogen and oxygen atoms in total. The zero-order chi connectivity index (χ0) is 25.1. The predicted octanol–water partition coefficient (Wildman–Crippen LogP) is 3.80. The Hall–Kier alpha value is -2.85. The van der Waals surface area contributed by atoms with Crippen molar-refractivity contribution in [1.29, 1.82) is 0 Å². The predicted molar refractivity (Wildman–Crippen MR) is 140 cm³/mol. The third-order valence-corrected chi connectivity index (χ3v) is 7.81. The van der Waals surface area contributed by atoms with Crippen molar-refractivity contribution in [2.45, 2.75) is 31.8 Å². The van der Waals surface area contributed by atoms with Crippen molar-refractivity contribution in [1.82, 2.24) is 15.1 Å². The molecule has 0 bridgehead atoms. The molecule has 0 aliphatic carbocycles. The number of amides is 2. The summed E-state index contributed by atoms with van der Waals surface area (Å²) in [5.74, 6) is -0.678. The lowest BCUT2D eigenvalue weighted by Crippen LogP contribution is -2.46. The summed E-state index contributed by atoms with van der Waals surface area (Å²) >= 11 is 7.30. The molecule has 2 aliphatic heterocycles. The van der Waals surface area contributed by atoms with Crippen LogP contribution in [-0.4, -0.2) is 59.8 Å². The number of benzene rings is 2. The van der Waals surface area contributed by atoms with Gasteiger partial charge in [-0.1, -0.05) is 47.2 Å². The third-order valence-electron chi connectivity index (χ3n) is 6.66. The summed E-state index contributed by atoms with van der Waals surface area (Å²) < 4.78 is 5.26. The lowest BCUT2D eigenvalue weighted by molar-refractivity contribution is -0.122. The van der Waals surface area contributed by atoms with E-state index in [1.165, 1.54) is 16.9 Å². The molecule has 3 heterocycles. The molecule has 2 aliphatic rings. The van der Waals surface area contributed by atoms with Gasteiger partial charge < -0.3 is 15.0 Å². The molecule has 1 atom stereocenters. The second kappa shape index (κ2) is 11.0. The fourth-order valence-corrected chi connectivity index (χ4v) is 5.19. The highest BCUT2D eigenvalue weighted by molar-refractivity contribution is 7.15. The Balaban J connectivity index is 1.12. The first-order valence-corrected chi connectivity index (χ1v) is 13.2. The van der Waals surface area contributed by atoms with Crippen LogP contribution >= 0.6 is 22.9 Å². The highest BCUT2D eigenvalue weighted by Gasteiger charge is 2.35. The number of nitrogens with zero attached hydrogens (tertiary/aromatic N) is 4. The van der Waals surface area contributed by atoms with Gasteiger partial charge in [-0.05, 0) is 48.9 Å². The Morgan fingerprint density at radius 1 is 1.11 bits per heavy atom. The largest absolute Gasteiger partial charge is 0.378 e. The van der Waals surface area contributed by atoms with E-state index in [0.717, 1.165) is 48.9 Å². The Kier molecular flexibility index (Phi) is 7.62. The lowest BCUT2D eigenvalue weighted by Gasteiger charge is -2.34. The molecule has 188 valence electrons. The van der Waals surface area contributed by atoms with Gasteiger partial charge in [0, 0.05) is 36.6 Å². The van der Waals surface area contributed by atoms with E-state index in [1.807, 2.05) is 48.5 Å². The van der Waals surface area contributed by atoms with Gasteiger partial charge in [0.2, 0.25) is 16.9 Å². The molecule has 2 fully saturated rings. The van der Waals surface area contributed by atoms with Gasteiger partial charge in [0.15, 0.2) is 0 Å². The Bertz CT molecular complexity index is 1210. The standard InChI is InChI=1S/C26H28ClN5O3S/c1-31(22-15-35-16-22)13-18-4-9-21(10-5-18)32-14-19(12-24(32)33)25(34)28-26-30-29-23(36-26)11-6-17-2-7-20(27)8-3-17/h2-5,7-10,19,22H,6,11-16H2,1H3,(H,28,30,34)/t19-/m0/s1. The highest BCUT2D eigenvalue weighted by Crippen LogP contribution is 2.27. The number of hydrogen-bond acceptors (Lipinski definition) is 7. The van der Waals surface area contributed by atoms with Crippen molar-refractivity contribution in [2.24, 2.45) is 5.92 Å². The van der Waals surface area contributed by atoms with Crippen LogP contribution in [0.1, 0.15) is 22.6 Å². The molecule has 3 aromatic rings. The van der Waals surface area contributed by atoms with Crippen LogP contribution in [0.15, 0.2) is 48.5 Å². The summed E-state index contributed by atoms with van der Waals surface area (Å²) in [6, 6.07) is 16.2. The summed E-state index contributed by atoms with van der Waals surface area (Å²) in [7, 11) is 2.09. The van der Waals surface area contributed by atoms with E-state index in [-0.39, 0.29) is 18.2 Å². The molecule has 10 heteroatoms. The number of hydrogen-bond donors (Lipinski definition) is 1. The minimum absolute atomic E-state index is 0.0486. The van der Waals surface area contributed by atoms with Gasteiger partial charge in [-0.3, -0.25) is 14.5 Å². The van der Waals surface area contributed by atoms with Gasteiger partial charge in [-0.15, -0.1) is 10.2 Å². The summed E-state index contributed by atoms with van der Waals surface area (Å²) in [5, 5.41) is 13.2. The average molecular weight is 526 g/mol. The van der Waals surface area contributed by atoms with Crippen LogP contribution in [0.3, 0.4) is 0 Å². The maximum atomic E-state index is 12.9. The minimum Gasteiger partial charge on any atom is -0.378 e. The number of ether oxygens (including phenoxy) is 1. The first-order chi connectivity index (χ1) is 17.4. The van der Waals surface area contributed by atoms with E-state index in [4.69, 9.17) is 16.3 Å². The molecule has 0 saturated carbocycles. The number of halogens is 1. The number of aromatic nitrogens is 2. The number of carbonyl (C=O) groups is 2. The van der Waals surface area contributed by atoms with Gasteiger partial charge >= 0.3 is 0 Å². The average Bonchev–Trinajstić information content (AvgIpc) is 3.44. The molecule has 0 radical (unpaired) electrons. The number of aryl methyl sites for hydroxylation is 2. The number of anilines is 2. The van der Waals surface area contributed by atoms with Crippen LogP contribution in [0.4, 0.5) is 10.8 Å². The van der Waals surface area contributed by atoms with Crippen molar-refractivity contribution in [3.05, 3.63) is 69.7 Å². The topological polar surface area (TPSA) is 87.7 Å². The van der Waals surface area contributed by atoms with E-state index in [0.29, 0.717) is 22.7 Å². The lowest BCUT2D eigenvalue weighted by atomic mass is 10.1. The van der Waals surface area contributed by atoms with Crippen molar-refractivity contribution >= 4 is 45.6 Å². The fourth-order valence-electron chi connectivity index (χ4n) is 4.32. The number of carbonyl (C=O) groups excluding carboxylic acids is 2. The molecular formula is C26H28ClN5O3S. The molecule has 0 unspecified atom stereocenters. The van der Waals surface area contributed by atoms with Crippen LogP contribution in [0, 0.1) is 5.92 Å². The van der Waals surface area contributed by atoms with Crippen LogP contribution < -0.4 is 10.2 Å². The molecule has 2 amide bonds. The monoisotopic (exact) mass is 525 g/mol. The maximum Gasteiger partial charge on any atom is 0.231 e. The van der Waals surface area contributed by atoms with Crippen molar-refractivity contribution in [3.8, 4) is 0 Å². The van der Waals surface area contributed by atoms with E-state index in [9.17, 15) is 9.59 Å². The van der Waals surface area contributed by atoms with Gasteiger partial charge in [-0.25, -0.2) is 0 Å². The fraction of sp³-hybridized carbons (Fsp3) is 0.385. The zero-order valence-corrected chi connectivity index (χ0v) is 21.6. The van der Waals surface area contributed by atoms with Crippen LogP contribution in [0.25, 0.3) is 0 Å². The maximum absolute atomic E-state index is 12.9. The van der Waals surface area contributed by atoms with Gasteiger partial charge in [0.1, 0.15) is 5.01 Å². The summed E-state index contributed by atoms with van der Waals surface area (Å²) in [6.07, 6.45) is 1.72. The number of rotatable bonds is 9. The molecule has 2 saturated heterocycles. The summed E-state index contributed by atoms with van der Waals surface area (Å²) in [6.45, 7) is 2.74. The zero-order valence-electron chi connectivity index (χ0n) is 20.0. The van der Waals surface area contributed by atoms with Gasteiger partial charge in [0.25, 0.3) is 0 Å².